The van der Waals surface area contributed by atoms with E-state index >= 15 is 0 Å². The molecule has 2 aliphatic rings. The maximum Gasteiger partial charge on any atom is 0.430 e. The predicted octanol–water partition coefficient (Wildman–Crippen LogP) is 6.82. The highest BCUT2D eigenvalue weighted by Gasteiger charge is 2.60. The number of hydrogen-bond acceptors (Lipinski definition) is 8. The second kappa shape index (κ2) is 10.7. The summed E-state index contributed by atoms with van der Waals surface area (Å²) < 4.78 is 112. The molecule has 1 fully saturated rings. The maximum absolute atomic E-state index is 14.6. The highest BCUT2D eigenvalue weighted by atomic mass is 19.4. The molecular formula is C28H26F7N5O4. The molecule has 2 aromatic heterocycles. The minimum Gasteiger partial charge on any atom is -0.444 e. The van der Waals surface area contributed by atoms with E-state index in [1.54, 1.807) is 0 Å². The van der Waals surface area contributed by atoms with Crippen molar-refractivity contribution in [2.24, 2.45) is 0 Å². The summed E-state index contributed by atoms with van der Waals surface area (Å²) >= 11 is 0. The zero-order valence-electron chi connectivity index (χ0n) is 23.5. The average molecular weight is 630 g/mol. The fourth-order valence-corrected chi connectivity index (χ4v) is 5.08. The van der Waals surface area contributed by atoms with Crippen LogP contribution in [0.4, 0.5) is 47.0 Å². The van der Waals surface area contributed by atoms with E-state index < -0.39 is 81.6 Å². The van der Waals surface area contributed by atoms with Gasteiger partial charge in [0.1, 0.15) is 22.8 Å². The molecule has 2 N–H and O–H groups in total. The van der Waals surface area contributed by atoms with Crippen molar-refractivity contribution >= 4 is 23.7 Å². The highest BCUT2D eigenvalue weighted by Crippen LogP contribution is 2.46. The summed E-state index contributed by atoms with van der Waals surface area (Å²) in [7, 11) is 0. The lowest BCUT2D eigenvalue weighted by Crippen LogP contribution is -2.43. The number of anilines is 2. The second-order valence-corrected chi connectivity index (χ2v) is 11.4. The van der Waals surface area contributed by atoms with Crippen LogP contribution in [-0.4, -0.2) is 50.7 Å². The molecule has 9 nitrogen and oxygen atoms in total. The first-order valence-electron chi connectivity index (χ1n) is 13.4. The summed E-state index contributed by atoms with van der Waals surface area (Å²) in [6.45, 7) is 4.66. The van der Waals surface area contributed by atoms with Gasteiger partial charge in [-0.15, -0.1) is 10.2 Å². The van der Waals surface area contributed by atoms with Crippen molar-refractivity contribution in [2.45, 2.75) is 69.6 Å². The number of aromatic nitrogens is 3. The molecular weight excluding hydrogens is 603 g/mol. The molecule has 1 unspecified atom stereocenters. The van der Waals surface area contributed by atoms with Gasteiger partial charge in [-0.05, 0) is 58.2 Å². The van der Waals surface area contributed by atoms with Gasteiger partial charge in [0.25, 0.3) is 17.4 Å². The number of rotatable bonds is 1. The highest BCUT2D eigenvalue weighted by molar-refractivity contribution is 5.90. The normalized spacial score (nSPS) is 20.5. The van der Waals surface area contributed by atoms with E-state index in [1.807, 2.05) is 0 Å². The monoisotopic (exact) mass is 629 g/mol. The Morgan fingerprint density at radius 3 is 2.52 bits per heavy atom. The van der Waals surface area contributed by atoms with Crippen LogP contribution in [0.25, 0.3) is 17.7 Å². The molecule has 1 amide bonds. The summed E-state index contributed by atoms with van der Waals surface area (Å²) in [5.74, 6) is -3.75. The van der Waals surface area contributed by atoms with Gasteiger partial charge in [0, 0.05) is 23.7 Å². The standard InChI is InChI=1S/C28H26F7N5O4/c1-25(2,3)44-24(41)36-19-13-17(27(30,31)32)21-37-20(19)22-38-39-23(43-22)26(42,28(33,34)35)15-9-10-18(29)14(12-15)6-4-7-16-8-5-11-40(16)21/h4,6,9-10,12-13,16,42H,5,7-8,11H2,1-3H3,(H,36,41)/t16-,26?/m1/s1. The van der Waals surface area contributed by atoms with Gasteiger partial charge < -0.3 is 19.2 Å². The summed E-state index contributed by atoms with van der Waals surface area (Å²) in [5.41, 5.74) is -8.70. The smallest absolute Gasteiger partial charge is 0.430 e. The number of benzene rings is 1. The Balaban J connectivity index is 1.79. The van der Waals surface area contributed by atoms with Crippen LogP contribution in [-0.2, 0) is 16.5 Å². The second-order valence-electron chi connectivity index (χ2n) is 11.4. The molecule has 1 saturated heterocycles. The number of alkyl halides is 6. The van der Waals surface area contributed by atoms with E-state index in [2.05, 4.69) is 20.5 Å². The Labute approximate surface area is 245 Å². The van der Waals surface area contributed by atoms with E-state index in [0.717, 1.165) is 12.1 Å². The fourth-order valence-electron chi connectivity index (χ4n) is 5.08. The number of carbonyl (C=O) groups excluding carboxylic acids is 1. The maximum atomic E-state index is 14.6. The van der Waals surface area contributed by atoms with Gasteiger partial charge in [-0.2, -0.15) is 26.3 Å². The first-order valence-corrected chi connectivity index (χ1v) is 13.4. The lowest BCUT2D eigenvalue weighted by molar-refractivity contribution is -0.255. The third kappa shape index (κ3) is 5.81. The van der Waals surface area contributed by atoms with E-state index in [1.165, 1.54) is 37.8 Å². The van der Waals surface area contributed by atoms with Crippen LogP contribution in [0, 0.1) is 5.82 Å². The van der Waals surface area contributed by atoms with E-state index in [4.69, 9.17) is 9.15 Å². The zero-order chi connectivity index (χ0) is 32.2. The van der Waals surface area contributed by atoms with Crippen LogP contribution in [0.3, 0.4) is 0 Å². The van der Waals surface area contributed by atoms with Gasteiger partial charge in [-0.3, -0.25) is 5.32 Å². The predicted molar refractivity (Wildman–Crippen MR) is 142 cm³/mol. The molecule has 0 aliphatic carbocycles. The fraction of sp³-hybridized carbons (Fsp3) is 0.429. The number of halogens is 7. The number of aliphatic hydroxyl groups is 1. The molecule has 1 aromatic carbocycles. The van der Waals surface area contributed by atoms with Gasteiger partial charge in [-0.1, -0.05) is 18.2 Å². The van der Waals surface area contributed by atoms with Gasteiger partial charge >= 0.3 is 18.4 Å². The summed E-state index contributed by atoms with van der Waals surface area (Å²) in [4.78, 5) is 18.1. The van der Waals surface area contributed by atoms with Gasteiger partial charge in [-0.25, -0.2) is 14.2 Å². The van der Waals surface area contributed by atoms with Crippen molar-refractivity contribution in [1.82, 2.24) is 15.2 Å². The lowest BCUT2D eigenvalue weighted by Gasteiger charge is -2.29. The molecule has 5 rings (SSSR count). The third-order valence-electron chi connectivity index (χ3n) is 7.06. The number of ether oxygens (including phenoxy) is 1. The molecule has 236 valence electrons. The van der Waals surface area contributed by atoms with Crippen molar-refractivity contribution in [3.63, 3.8) is 0 Å². The summed E-state index contributed by atoms with van der Waals surface area (Å²) in [5, 5.41) is 20.1. The average Bonchev–Trinajstić information content (AvgIpc) is 3.57. The molecule has 4 heterocycles. The van der Waals surface area contributed by atoms with E-state index in [0.29, 0.717) is 25.0 Å². The van der Waals surface area contributed by atoms with Crippen LogP contribution in [0.1, 0.15) is 62.6 Å². The Morgan fingerprint density at radius 1 is 1.14 bits per heavy atom. The summed E-state index contributed by atoms with van der Waals surface area (Å²) in [6, 6.07) is 2.20. The van der Waals surface area contributed by atoms with Gasteiger partial charge in [0.05, 0.1) is 5.69 Å². The Hall–Kier alpha value is -4.21. The minimum atomic E-state index is -5.48. The molecule has 0 saturated carbocycles. The van der Waals surface area contributed by atoms with Gasteiger partial charge in [0.2, 0.25) is 0 Å². The number of amides is 1. The van der Waals surface area contributed by atoms with Crippen LogP contribution in [0.2, 0.25) is 0 Å². The molecule has 0 spiro atoms. The number of nitrogens with zero attached hydrogens (tertiary/aromatic N) is 4. The Morgan fingerprint density at radius 2 is 1.86 bits per heavy atom. The molecule has 2 atom stereocenters. The Bertz CT molecular complexity index is 1610. The molecule has 0 radical (unpaired) electrons. The first-order chi connectivity index (χ1) is 20.4. The molecule has 3 aromatic rings. The molecule has 6 bridgehead atoms. The number of carbonyl (C=O) groups is 1. The van der Waals surface area contributed by atoms with Crippen LogP contribution in [0.5, 0.6) is 0 Å². The van der Waals surface area contributed by atoms with E-state index in [9.17, 15) is 40.6 Å². The van der Waals surface area contributed by atoms with Crippen LogP contribution < -0.4 is 10.2 Å². The number of fused-ring (bicyclic) bond motifs is 9. The minimum absolute atomic E-state index is 0.0869. The lowest BCUT2D eigenvalue weighted by atomic mass is 9.91. The van der Waals surface area contributed by atoms with E-state index in [-0.39, 0.29) is 18.5 Å². The van der Waals surface area contributed by atoms with Crippen molar-refractivity contribution < 1.29 is 49.8 Å². The molecule has 2 aliphatic heterocycles. The largest absolute Gasteiger partial charge is 0.444 e. The van der Waals surface area contributed by atoms with Crippen LogP contribution >= 0.6 is 0 Å². The SMILES string of the molecule is CC(C)(C)OC(=O)Nc1cc(C(F)(F)F)c2nc1-c1nnc(o1)C(O)(C(F)(F)F)c1ccc(F)c(c1)C=CC[C@@H]1CCCN21. The first kappa shape index (κ1) is 31.2. The van der Waals surface area contributed by atoms with Crippen molar-refractivity contribution in [3.05, 3.63) is 58.7 Å². The van der Waals surface area contributed by atoms with Crippen LogP contribution in [0.15, 0.2) is 34.8 Å². The van der Waals surface area contributed by atoms with Crippen molar-refractivity contribution in [3.8, 4) is 11.6 Å². The summed E-state index contributed by atoms with van der Waals surface area (Å²) in [6.07, 6.45) is -8.06. The molecule has 16 heteroatoms. The Kier molecular flexibility index (Phi) is 7.63. The quantitative estimate of drug-likeness (QED) is 0.282. The topological polar surface area (TPSA) is 114 Å². The third-order valence-corrected chi connectivity index (χ3v) is 7.06. The van der Waals surface area contributed by atoms with Crippen molar-refractivity contribution in [2.75, 3.05) is 16.8 Å². The number of nitrogens with one attached hydrogen (secondary N) is 1. The number of hydrogen-bond donors (Lipinski definition) is 2. The zero-order valence-corrected chi connectivity index (χ0v) is 23.5. The van der Waals surface area contributed by atoms with Crippen molar-refractivity contribution in [1.29, 1.82) is 0 Å². The number of pyridine rings is 1. The van der Waals surface area contributed by atoms with Gasteiger partial charge in [0.15, 0.2) is 5.69 Å². The molecule has 44 heavy (non-hydrogen) atoms.